The third kappa shape index (κ3) is 4.42. The summed E-state index contributed by atoms with van der Waals surface area (Å²) in [5.74, 6) is 0.791. The summed E-state index contributed by atoms with van der Waals surface area (Å²) in [6.07, 6.45) is 6.24. The molecule has 0 saturated heterocycles. The molecular formula is C11H21N3. The molecule has 0 bridgehead atoms. The summed E-state index contributed by atoms with van der Waals surface area (Å²) in [4.78, 5) is 0. The highest BCUT2D eigenvalue weighted by Gasteiger charge is 1.96. The molecule has 3 nitrogen and oxygen atoms in total. The highest BCUT2D eigenvalue weighted by molar-refractivity contribution is 4.77. The van der Waals surface area contributed by atoms with Crippen LogP contribution in [0.15, 0.2) is 18.5 Å². The van der Waals surface area contributed by atoms with E-state index in [1.807, 2.05) is 23.1 Å². The Bertz CT molecular complexity index is 218. The number of hydrogen-bond donors (Lipinski definition) is 1. The first-order valence-electron chi connectivity index (χ1n) is 5.51. The van der Waals surface area contributed by atoms with Crippen molar-refractivity contribution >= 4 is 0 Å². The number of rotatable bonds is 7. The molecular weight excluding hydrogens is 174 g/mol. The molecule has 1 heterocycles. The Hall–Kier alpha value is -0.830. The number of aryl methyl sites for hydroxylation is 1. The van der Waals surface area contributed by atoms with Crippen LogP contribution in [0.3, 0.4) is 0 Å². The molecule has 14 heavy (non-hydrogen) atoms. The highest BCUT2D eigenvalue weighted by atomic mass is 15.3. The van der Waals surface area contributed by atoms with Crippen LogP contribution < -0.4 is 5.32 Å². The minimum atomic E-state index is 0.791. The van der Waals surface area contributed by atoms with E-state index in [1.165, 1.54) is 6.42 Å². The van der Waals surface area contributed by atoms with Crippen molar-refractivity contribution in [3.8, 4) is 0 Å². The molecule has 0 aliphatic carbocycles. The second-order valence-corrected chi connectivity index (χ2v) is 3.84. The molecule has 1 N–H and O–H groups in total. The monoisotopic (exact) mass is 195 g/mol. The van der Waals surface area contributed by atoms with Gasteiger partial charge in [-0.3, -0.25) is 4.68 Å². The molecule has 1 unspecified atom stereocenters. The zero-order valence-electron chi connectivity index (χ0n) is 9.24. The van der Waals surface area contributed by atoms with Crippen LogP contribution in [0, 0.1) is 5.92 Å². The highest BCUT2D eigenvalue weighted by Crippen LogP contribution is 1.97. The summed E-state index contributed by atoms with van der Waals surface area (Å²) in [6.45, 7) is 7.75. The molecule has 0 spiro atoms. The topological polar surface area (TPSA) is 29.9 Å². The lowest BCUT2D eigenvalue weighted by Gasteiger charge is -2.09. The molecule has 0 aliphatic rings. The molecule has 0 radical (unpaired) electrons. The van der Waals surface area contributed by atoms with Gasteiger partial charge in [0.05, 0.1) is 0 Å². The normalized spacial score (nSPS) is 13.0. The first kappa shape index (κ1) is 11.2. The Morgan fingerprint density at radius 1 is 1.50 bits per heavy atom. The quantitative estimate of drug-likeness (QED) is 0.674. The van der Waals surface area contributed by atoms with Crippen LogP contribution in [0.25, 0.3) is 0 Å². The second kappa shape index (κ2) is 6.60. The second-order valence-electron chi connectivity index (χ2n) is 3.84. The van der Waals surface area contributed by atoms with Gasteiger partial charge in [-0.2, -0.15) is 5.10 Å². The summed E-state index contributed by atoms with van der Waals surface area (Å²) in [5, 5.41) is 7.61. The summed E-state index contributed by atoms with van der Waals surface area (Å²) in [5.41, 5.74) is 0. The van der Waals surface area contributed by atoms with Crippen LogP contribution in [0.1, 0.15) is 26.7 Å². The largest absolute Gasteiger partial charge is 0.316 e. The van der Waals surface area contributed by atoms with E-state index in [1.54, 1.807) is 0 Å². The number of hydrogen-bond acceptors (Lipinski definition) is 2. The lowest BCUT2D eigenvalue weighted by molar-refractivity contribution is 0.477. The predicted octanol–water partition coefficient (Wildman–Crippen LogP) is 1.91. The van der Waals surface area contributed by atoms with Crippen molar-refractivity contribution in [2.75, 3.05) is 13.1 Å². The van der Waals surface area contributed by atoms with Gasteiger partial charge in [-0.05, 0) is 31.5 Å². The number of aromatic nitrogens is 2. The van der Waals surface area contributed by atoms with Crippen molar-refractivity contribution in [2.45, 2.75) is 33.2 Å². The van der Waals surface area contributed by atoms with E-state index in [4.69, 9.17) is 0 Å². The van der Waals surface area contributed by atoms with E-state index in [0.29, 0.717) is 0 Å². The maximum absolute atomic E-state index is 4.15. The lowest BCUT2D eigenvalue weighted by atomic mass is 10.1. The maximum atomic E-state index is 4.15. The summed E-state index contributed by atoms with van der Waals surface area (Å²) in [7, 11) is 0. The van der Waals surface area contributed by atoms with Gasteiger partial charge in [0.25, 0.3) is 0 Å². The zero-order chi connectivity index (χ0) is 10.2. The third-order valence-electron chi connectivity index (χ3n) is 2.49. The van der Waals surface area contributed by atoms with Gasteiger partial charge in [-0.25, -0.2) is 0 Å². The van der Waals surface area contributed by atoms with Gasteiger partial charge in [0, 0.05) is 18.9 Å². The molecule has 0 amide bonds. The van der Waals surface area contributed by atoms with E-state index in [2.05, 4.69) is 24.3 Å². The smallest absolute Gasteiger partial charge is 0.0489 e. The Morgan fingerprint density at radius 3 is 3.00 bits per heavy atom. The van der Waals surface area contributed by atoms with Crippen molar-refractivity contribution in [1.29, 1.82) is 0 Å². The van der Waals surface area contributed by atoms with Gasteiger partial charge in [0.1, 0.15) is 0 Å². The van der Waals surface area contributed by atoms with E-state index < -0.39 is 0 Å². The molecule has 0 aliphatic heterocycles. The average Bonchev–Trinajstić information content (AvgIpc) is 2.69. The van der Waals surface area contributed by atoms with E-state index >= 15 is 0 Å². The van der Waals surface area contributed by atoms with Crippen LogP contribution >= 0.6 is 0 Å². The van der Waals surface area contributed by atoms with Gasteiger partial charge < -0.3 is 5.32 Å². The van der Waals surface area contributed by atoms with Crippen molar-refractivity contribution in [2.24, 2.45) is 5.92 Å². The average molecular weight is 195 g/mol. The molecule has 0 fully saturated rings. The SMILES string of the molecule is CCC(C)CNCCCn1cccn1. The van der Waals surface area contributed by atoms with Crippen molar-refractivity contribution in [1.82, 2.24) is 15.1 Å². The third-order valence-corrected chi connectivity index (χ3v) is 2.49. The van der Waals surface area contributed by atoms with Gasteiger partial charge in [-0.1, -0.05) is 20.3 Å². The molecule has 1 atom stereocenters. The van der Waals surface area contributed by atoms with E-state index in [9.17, 15) is 0 Å². The van der Waals surface area contributed by atoms with Gasteiger partial charge in [0.2, 0.25) is 0 Å². The molecule has 3 heteroatoms. The van der Waals surface area contributed by atoms with Crippen LogP contribution in [-0.2, 0) is 6.54 Å². The fraction of sp³-hybridized carbons (Fsp3) is 0.727. The standard InChI is InChI=1S/C11H21N3/c1-3-11(2)10-12-6-4-8-14-9-5-7-13-14/h5,7,9,11-12H,3-4,6,8,10H2,1-2H3. The number of nitrogens with one attached hydrogen (secondary N) is 1. The fourth-order valence-corrected chi connectivity index (χ4v) is 1.29. The molecule has 1 aromatic heterocycles. The molecule has 1 aromatic rings. The maximum Gasteiger partial charge on any atom is 0.0489 e. The van der Waals surface area contributed by atoms with E-state index in [0.717, 1.165) is 32.0 Å². The Kier molecular flexibility index (Phi) is 5.30. The van der Waals surface area contributed by atoms with E-state index in [-0.39, 0.29) is 0 Å². The minimum Gasteiger partial charge on any atom is -0.316 e. The summed E-state index contributed by atoms with van der Waals surface area (Å²) < 4.78 is 1.98. The van der Waals surface area contributed by atoms with Crippen molar-refractivity contribution in [3.05, 3.63) is 18.5 Å². The fourth-order valence-electron chi connectivity index (χ4n) is 1.29. The molecule has 1 rings (SSSR count). The Balaban J connectivity index is 1.95. The van der Waals surface area contributed by atoms with Gasteiger partial charge in [-0.15, -0.1) is 0 Å². The van der Waals surface area contributed by atoms with Gasteiger partial charge >= 0.3 is 0 Å². The zero-order valence-corrected chi connectivity index (χ0v) is 9.24. The molecule has 0 saturated carbocycles. The minimum absolute atomic E-state index is 0.791. The number of nitrogens with zero attached hydrogens (tertiary/aromatic N) is 2. The van der Waals surface area contributed by atoms with Crippen LogP contribution in [0.4, 0.5) is 0 Å². The summed E-state index contributed by atoms with van der Waals surface area (Å²) >= 11 is 0. The van der Waals surface area contributed by atoms with Crippen molar-refractivity contribution < 1.29 is 0 Å². The predicted molar refractivity (Wildman–Crippen MR) is 59.2 cm³/mol. The van der Waals surface area contributed by atoms with Crippen LogP contribution in [-0.4, -0.2) is 22.9 Å². The van der Waals surface area contributed by atoms with Crippen molar-refractivity contribution in [3.63, 3.8) is 0 Å². The van der Waals surface area contributed by atoms with Crippen LogP contribution in [0.2, 0.25) is 0 Å². The Labute approximate surface area is 86.5 Å². The lowest BCUT2D eigenvalue weighted by Crippen LogP contribution is -2.22. The Morgan fingerprint density at radius 2 is 2.36 bits per heavy atom. The first-order chi connectivity index (χ1) is 6.83. The summed E-state index contributed by atoms with van der Waals surface area (Å²) in [6, 6.07) is 1.96. The van der Waals surface area contributed by atoms with Crippen LogP contribution in [0.5, 0.6) is 0 Å². The van der Waals surface area contributed by atoms with Gasteiger partial charge in [0.15, 0.2) is 0 Å². The molecule has 0 aromatic carbocycles. The molecule has 80 valence electrons. The first-order valence-corrected chi connectivity index (χ1v) is 5.51.